The normalized spacial score (nSPS) is 32.8. The van der Waals surface area contributed by atoms with Gasteiger partial charge in [0.15, 0.2) is 0 Å². The van der Waals surface area contributed by atoms with Gasteiger partial charge in [-0.3, -0.25) is 4.90 Å². The number of rotatable bonds is 3. The van der Waals surface area contributed by atoms with Gasteiger partial charge in [0.1, 0.15) is 5.76 Å². The van der Waals surface area contributed by atoms with E-state index in [0.717, 1.165) is 25.3 Å². The van der Waals surface area contributed by atoms with Crippen molar-refractivity contribution in [1.29, 1.82) is 0 Å². The zero-order chi connectivity index (χ0) is 13.2. The molecule has 1 aromatic heterocycles. The van der Waals surface area contributed by atoms with E-state index in [4.69, 9.17) is 4.52 Å². The van der Waals surface area contributed by atoms with Crippen molar-refractivity contribution < 1.29 is 9.63 Å². The molecule has 1 aromatic rings. The van der Waals surface area contributed by atoms with E-state index in [-0.39, 0.29) is 6.10 Å². The summed E-state index contributed by atoms with van der Waals surface area (Å²) in [6.45, 7) is 4.03. The summed E-state index contributed by atoms with van der Waals surface area (Å²) in [4.78, 5) is 2.53. The molecule has 0 spiro atoms. The molecule has 0 bridgehead atoms. The maximum atomic E-state index is 10.3. The van der Waals surface area contributed by atoms with Crippen molar-refractivity contribution in [3.63, 3.8) is 0 Å². The quantitative estimate of drug-likeness (QED) is 0.911. The molecule has 1 N–H and O–H groups in total. The van der Waals surface area contributed by atoms with E-state index in [0.29, 0.717) is 12.0 Å². The minimum absolute atomic E-state index is 0.0945. The molecule has 4 heteroatoms. The molecule has 19 heavy (non-hydrogen) atoms. The SMILES string of the molecule is Cc1oncc1CN1CCCC1C1CCCCC1O. The zero-order valence-electron chi connectivity index (χ0n) is 11.7. The molecule has 106 valence electrons. The highest BCUT2D eigenvalue weighted by Crippen LogP contribution is 2.35. The summed E-state index contributed by atoms with van der Waals surface area (Å²) in [7, 11) is 0. The first-order valence-electron chi connectivity index (χ1n) is 7.58. The summed E-state index contributed by atoms with van der Waals surface area (Å²) >= 11 is 0. The molecule has 1 aliphatic carbocycles. The van der Waals surface area contributed by atoms with Gasteiger partial charge in [-0.1, -0.05) is 18.0 Å². The van der Waals surface area contributed by atoms with Crippen LogP contribution in [-0.2, 0) is 6.54 Å². The van der Waals surface area contributed by atoms with Gasteiger partial charge in [-0.25, -0.2) is 0 Å². The molecule has 3 atom stereocenters. The number of aromatic nitrogens is 1. The largest absolute Gasteiger partial charge is 0.393 e. The highest BCUT2D eigenvalue weighted by molar-refractivity contribution is 5.12. The standard InChI is InChI=1S/C15H24N2O2/c1-11-12(9-16-19-11)10-17-8-4-6-14(17)13-5-2-3-7-15(13)18/h9,13-15,18H,2-8,10H2,1H3. The predicted octanol–water partition coefficient (Wildman–Crippen LogP) is 2.50. The second-order valence-corrected chi connectivity index (χ2v) is 6.10. The molecule has 0 aromatic carbocycles. The first kappa shape index (κ1) is 13.1. The number of aryl methyl sites for hydroxylation is 1. The summed E-state index contributed by atoms with van der Waals surface area (Å²) in [5.41, 5.74) is 1.19. The Bertz CT molecular complexity index is 418. The van der Waals surface area contributed by atoms with Gasteiger partial charge in [0.25, 0.3) is 0 Å². The van der Waals surface area contributed by atoms with E-state index in [1.54, 1.807) is 0 Å². The van der Waals surface area contributed by atoms with Crippen LogP contribution in [0.15, 0.2) is 10.7 Å². The first-order chi connectivity index (χ1) is 9.25. The minimum atomic E-state index is -0.0945. The smallest absolute Gasteiger partial charge is 0.138 e. The number of aliphatic hydroxyl groups excluding tert-OH is 1. The van der Waals surface area contributed by atoms with E-state index in [1.165, 1.54) is 37.7 Å². The average Bonchev–Trinajstić information content (AvgIpc) is 3.01. The maximum Gasteiger partial charge on any atom is 0.138 e. The van der Waals surface area contributed by atoms with Crippen LogP contribution < -0.4 is 0 Å². The fourth-order valence-corrected chi connectivity index (χ4v) is 3.81. The van der Waals surface area contributed by atoms with E-state index < -0.39 is 0 Å². The van der Waals surface area contributed by atoms with Gasteiger partial charge in [0, 0.05) is 24.1 Å². The van der Waals surface area contributed by atoms with Crippen LogP contribution in [-0.4, -0.2) is 33.9 Å². The summed E-state index contributed by atoms with van der Waals surface area (Å²) in [5, 5.41) is 14.1. The Balaban J connectivity index is 1.69. The molecule has 2 heterocycles. The third-order valence-corrected chi connectivity index (χ3v) is 4.91. The van der Waals surface area contributed by atoms with Gasteiger partial charge in [0.05, 0.1) is 12.3 Å². The second-order valence-electron chi connectivity index (χ2n) is 6.10. The van der Waals surface area contributed by atoms with Crippen molar-refractivity contribution in [2.45, 2.75) is 64.1 Å². The Morgan fingerprint density at radius 2 is 2.16 bits per heavy atom. The fourth-order valence-electron chi connectivity index (χ4n) is 3.81. The monoisotopic (exact) mass is 264 g/mol. The highest BCUT2D eigenvalue weighted by Gasteiger charge is 2.36. The molecule has 0 radical (unpaired) electrons. The molecule has 1 aliphatic heterocycles. The molecule has 1 saturated carbocycles. The van der Waals surface area contributed by atoms with Gasteiger partial charge >= 0.3 is 0 Å². The van der Waals surface area contributed by atoms with Crippen molar-refractivity contribution in [3.05, 3.63) is 17.5 Å². The number of hydrogen-bond donors (Lipinski definition) is 1. The summed E-state index contributed by atoms with van der Waals surface area (Å²) in [6, 6.07) is 0.546. The Kier molecular flexibility index (Phi) is 3.89. The third-order valence-electron chi connectivity index (χ3n) is 4.91. The topological polar surface area (TPSA) is 49.5 Å². The Morgan fingerprint density at radius 3 is 2.89 bits per heavy atom. The molecule has 4 nitrogen and oxygen atoms in total. The van der Waals surface area contributed by atoms with E-state index in [9.17, 15) is 5.11 Å². The molecular formula is C15H24N2O2. The number of likely N-dealkylation sites (tertiary alicyclic amines) is 1. The van der Waals surface area contributed by atoms with E-state index in [2.05, 4.69) is 10.1 Å². The van der Waals surface area contributed by atoms with Crippen LogP contribution in [0.5, 0.6) is 0 Å². The number of nitrogens with zero attached hydrogens (tertiary/aromatic N) is 2. The fraction of sp³-hybridized carbons (Fsp3) is 0.800. The van der Waals surface area contributed by atoms with Gasteiger partial charge < -0.3 is 9.63 Å². The molecule has 0 amide bonds. The van der Waals surface area contributed by atoms with E-state index >= 15 is 0 Å². The van der Waals surface area contributed by atoms with Crippen molar-refractivity contribution in [2.24, 2.45) is 5.92 Å². The molecule has 3 rings (SSSR count). The van der Waals surface area contributed by atoms with Crippen molar-refractivity contribution in [1.82, 2.24) is 10.1 Å². The van der Waals surface area contributed by atoms with E-state index in [1.807, 2.05) is 13.1 Å². The van der Waals surface area contributed by atoms with Gasteiger partial charge in [-0.2, -0.15) is 0 Å². The summed E-state index contributed by atoms with van der Waals surface area (Å²) < 4.78 is 5.15. The Morgan fingerprint density at radius 1 is 1.32 bits per heavy atom. The summed E-state index contributed by atoms with van der Waals surface area (Å²) in [6.07, 6.45) is 8.86. The lowest BCUT2D eigenvalue weighted by Crippen LogP contribution is -2.42. The molecular weight excluding hydrogens is 240 g/mol. The second kappa shape index (κ2) is 5.63. The van der Waals surface area contributed by atoms with Crippen LogP contribution in [0.4, 0.5) is 0 Å². The van der Waals surface area contributed by atoms with Crippen LogP contribution in [0.1, 0.15) is 49.8 Å². The summed E-state index contributed by atoms with van der Waals surface area (Å²) in [5.74, 6) is 1.39. The lowest BCUT2D eigenvalue weighted by Gasteiger charge is -2.37. The van der Waals surface area contributed by atoms with Gasteiger partial charge in [0.2, 0.25) is 0 Å². The number of aliphatic hydroxyl groups is 1. The van der Waals surface area contributed by atoms with Crippen molar-refractivity contribution in [3.8, 4) is 0 Å². The first-order valence-corrected chi connectivity index (χ1v) is 7.58. The number of hydrogen-bond acceptors (Lipinski definition) is 4. The Hall–Kier alpha value is -0.870. The average molecular weight is 264 g/mol. The molecule has 1 saturated heterocycles. The van der Waals surface area contributed by atoms with Gasteiger partial charge in [-0.15, -0.1) is 0 Å². The molecule has 3 unspecified atom stereocenters. The minimum Gasteiger partial charge on any atom is -0.393 e. The zero-order valence-corrected chi connectivity index (χ0v) is 11.7. The van der Waals surface area contributed by atoms with Crippen LogP contribution >= 0.6 is 0 Å². The van der Waals surface area contributed by atoms with Crippen LogP contribution in [0.2, 0.25) is 0 Å². The van der Waals surface area contributed by atoms with Crippen LogP contribution in [0, 0.1) is 12.8 Å². The van der Waals surface area contributed by atoms with Crippen molar-refractivity contribution >= 4 is 0 Å². The highest BCUT2D eigenvalue weighted by atomic mass is 16.5. The lowest BCUT2D eigenvalue weighted by atomic mass is 9.80. The van der Waals surface area contributed by atoms with Crippen LogP contribution in [0.25, 0.3) is 0 Å². The predicted molar refractivity (Wildman–Crippen MR) is 72.6 cm³/mol. The van der Waals surface area contributed by atoms with Gasteiger partial charge in [-0.05, 0) is 39.2 Å². The Labute approximate surface area is 114 Å². The molecule has 2 aliphatic rings. The molecule has 2 fully saturated rings. The third kappa shape index (κ3) is 2.70. The lowest BCUT2D eigenvalue weighted by molar-refractivity contribution is 0.0201. The maximum absolute atomic E-state index is 10.3. The van der Waals surface area contributed by atoms with Crippen LogP contribution in [0.3, 0.4) is 0 Å². The van der Waals surface area contributed by atoms with Crippen molar-refractivity contribution in [2.75, 3.05) is 6.54 Å².